The van der Waals surface area contributed by atoms with Gasteiger partial charge in [-0.25, -0.2) is 14.4 Å². The van der Waals surface area contributed by atoms with Crippen molar-refractivity contribution in [1.82, 2.24) is 15.5 Å². The molecule has 1 aliphatic rings. The van der Waals surface area contributed by atoms with E-state index >= 15 is 0 Å². The van der Waals surface area contributed by atoms with Crippen LogP contribution in [0.15, 0.2) is 30.3 Å². The van der Waals surface area contributed by atoms with Crippen molar-refractivity contribution in [2.45, 2.75) is 63.8 Å². The van der Waals surface area contributed by atoms with Crippen LogP contribution in [0.5, 0.6) is 0 Å². The Morgan fingerprint density at radius 1 is 1.20 bits per heavy atom. The number of carboxylic acids is 1. The third-order valence-corrected chi connectivity index (χ3v) is 6.24. The summed E-state index contributed by atoms with van der Waals surface area (Å²) in [6.07, 6.45) is 0.701. The predicted octanol–water partition coefficient (Wildman–Crippen LogP) is 0.566. The number of primary amides is 1. The van der Waals surface area contributed by atoms with E-state index in [0.717, 1.165) is 4.90 Å². The molecule has 11 heteroatoms. The number of nitrogens with two attached hydrogens (primary N) is 2. The van der Waals surface area contributed by atoms with Gasteiger partial charge in [0.2, 0.25) is 11.4 Å². The Bertz CT molecular complexity index is 874. The number of benzene rings is 1. The maximum atomic E-state index is 13.7. The molecule has 0 aliphatic carbocycles. The first-order valence-electron chi connectivity index (χ1n) is 11.9. The zero-order chi connectivity index (χ0) is 26.0. The molecular formula is C24H37N5O6. The van der Waals surface area contributed by atoms with E-state index in [0.29, 0.717) is 31.5 Å². The largest absolute Gasteiger partial charge is 0.479 e. The van der Waals surface area contributed by atoms with E-state index in [9.17, 15) is 24.3 Å². The van der Waals surface area contributed by atoms with Gasteiger partial charge >= 0.3 is 18.0 Å². The second-order valence-corrected chi connectivity index (χ2v) is 9.08. The molecule has 2 rings (SSSR count). The van der Waals surface area contributed by atoms with Crippen LogP contribution in [0.2, 0.25) is 0 Å². The van der Waals surface area contributed by atoms with E-state index in [2.05, 4.69) is 10.6 Å². The van der Waals surface area contributed by atoms with Gasteiger partial charge in [-0.15, -0.1) is 0 Å². The van der Waals surface area contributed by atoms with E-state index in [1.807, 2.05) is 6.07 Å². The number of nitrogens with zero attached hydrogens (tertiary/aromatic N) is 1. The average molecular weight is 492 g/mol. The third-order valence-electron chi connectivity index (χ3n) is 6.24. The quantitative estimate of drug-likeness (QED) is 0.160. The van der Waals surface area contributed by atoms with Crippen molar-refractivity contribution in [2.24, 2.45) is 17.4 Å². The summed E-state index contributed by atoms with van der Waals surface area (Å²) in [7, 11) is 0. The second kappa shape index (κ2) is 13.1. The summed E-state index contributed by atoms with van der Waals surface area (Å²) in [5.74, 6) is -3.45. The van der Waals surface area contributed by atoms with Crippen LogP contribution in [0.3, 0.4) is 0 Å². The van der Waals surface area contributed by atoms with Crippen molar-refractivity contribution in [3.63, 3.8) is 0 Å². The molecule has 1 saturated heterocycles. The van der Waals surface area contributed by atoms with Crippen LogP contribution in [0.1, 0.15) is 45.1 Å². The first kappa shape index (κ1) is 28.1. The Balaban J connectivity index is 2.50. The molecule has 35 heavy (non-hydrogen) atoms. The van der Waals surface area contributed by atoms with Gasteiger partial charge in [0.15, 0.2) is 0 Å². The first-order valence-corrected chi connectivity index (χ1v) is 11.9. The van der Waals surface area contributed by atoms with Crippen LogP contribution in [-0.4, -0.2) is 71.1 Å². The van der Waals surface area contributed by atoms with Crippen LogP contribution in [0.4, 0.5) is 4.79 Å². The first-order chi connectivity index (χ1) is 16.6. The van der Waals surface area contributed by atoms with Gasteiger partial charge in [-0.1, -0.05) is 44.2 Å². The molecule has 0 radical (unpaired) electrons. The van der Waals surface area contributed by atoms with Crippen molar-refractivity contribution in [1.29, 1.82) is 0 Å². The molecule has 1 aliphatic heterocycles. The molecule has 0 bridgehead atoms. The second-order valence-electron chi connectivity index (χ2n) is 9.08. The van der Waals surface area contributed by atoms with Gasteiger partial charge in [-0.3, -0.25) is 4.79 Å². The van der Waals surface area contributed by atoms with Gasteiger partial charge in [-0.05, 0) is 50.3 Å². The minimum Gasteiger partial charge on any atom is -0.479 e. The number of piperidine rings is 1. The van der Waals surface area contributed by atoms with Gasteiger partial charge < -0.3 is 36.8 Å². The predicted molar refractivity (Wildman–Crippen MR) is 129 cm³/mol. The molecule has 0 aromatic heterocycles. The number of amides is 3. The van der Waals surface area contributed by atoms with E-state index in [4.69, 9.17) is 16.2 Å². The monoisotopic (exact) mass is 491 g/mol. The smallest absolute Gasteiger partial charge is 0.344 e. The highest BCUT2D eigenvalue weighted by Crippen LogP contribution is 2.32. The molecule has 11 nitrogen and oxygen atoms in total. The number of carboxylic acid groups (broad SMARTS) is 1. The number of carbonyl (C=O) groups excluding carboxylic acids is 3. The minimum absolute atomic E-state index is 0.0286. The average Bonchev–Trinajstić information content (AvgIpc) is 2.84. The molecule has 0 saturated carbocycles. The number of nitrogens with one attached hydrogen (secondary N) is 2. The highest BCUT2D eigenvalue weighted by molar-refractivity contribution is 6.07. The summed E-state index contributed by atoms with van der Waals surface area (Å²) in [6.45, 7) is 4.51. The summed E-state index contributed by atoms with van der Waals surface area (Å²) in [5, 5.41) is 16.1. The number of aliphatic carboxylic acids is 1. The van der Waals surface area contributed by atoms with Crippen LogP contribution in [0.25, 0.3) is 0 Å². The van der Waals surface area contributed by atoms with Gasteiger partial charge in [0.25, 0.3) is 0 Å². The van der Waals surface area contributed by atoms with Crippen molar-refractivity contribution < 1.29 is 29.0 Å². The fourth-order valence-corrected chi connectivity index (χ4v) is 4.21. The normalized spacial score (nSPS) is 16.7. The maximum absolute atomic E-state index is 13.7. The van der Waals surface area contributed by atoms with Gasteiger partial charge in [0.1, 0.15) is 6.61 Å². The van der Waals surface area contributed by atoms with Gasteiger partial charge in [0, 0.05) is 12.6 Å². The maximum Gasteiger partial charge on any atom is 0.344 e. The van der Waals surface area contributed by atoms with Crippen LogP contribution in [0, 0.1) is 5.92 Å². The molecule has 0 spiro atoms. The molecule has 3 amide bonds. The van der Waals surface area contributed by atoms with Crippen molar-refractivity contribution in [3.05, 3.63) is 35.9 Å². The Kier molecular flexibility index (Phi) is 10.5. The standard InChI is InChI=1S/C24H37N5O6/c1-16(2)19(25)20(30)29(18-9-13-27-14-10-18)24(21(31)32,11-6-12-28-23(26)34)22(33)35-15-17-7-4-3-5-8-17/h3-5,7-8,16,18-19,27H,6,9-15,25H2,1-2H3,(H,31,32)(H3,26,28,34)/t19-,24-/m0/s1. The molecule has 7 N–H and O–H groups in total. The van der Waals surface area contributed by atoms with E-state index in [-0.39, 0.29) is 31.9 Å². The number of urea groups is 1. The van der Waals surface area contributed by atoms with Crippen LogP contribution < -0.4 is 22.1 Å². The fraction of sp³-hybridized carbons (Fsp3) is 0.583. The number of rotatable bonds is 12. The Morgan fingerprint density at radius 3 is 2.37 bits per heavy atom. The molecule has 194 valence electrons. The Morgan fingerprint density at radius 2 is 1.83 bits per heavy atom. The number of hydrogen-bond acceptors (Lipinski definition) is 7. The number of ether oxygens (including phenoxy) is 1. The molecule has 1 heterocycles. The lowest BCUT2D eigenvalue weighted by Gasteiger charge is -2.46. The summed E-state index contributed by atoms with van der Waals surface area (Å²) >= 11 is 0. The van der Waals surface area contributed by atoms with Crippen molar-refractivity contribution >= 4 is 23.9 Å². The van der Waals surface area contributed by atoms with Crippen molar-refractivity contribution in [2.75, 3.05) is 19.6 Å². The topological polar surface area (TPSA) is 177 Å². The summed E-state index contributed by atoms with van der Waals surface area (Å²) in [6, 6.07) is 6.54. The zero-order valence-corrected chi connectivity index (χ0v) is 20.4. The molecule has 1 aromatic carbocycles. The van der Waals surface area contributed by atoms with E-state index in [1.165, 1.54) is 0 Å². The lowest BCUT2D eigenvalue weighted by Crippen LogP contribution is -2.69. The summed E-state index contributed by atoms with van der Waals surface area (Å²) < 4.78 is 5.51. The minimum atomic E-state index is -2.32. The fourth-order valence-electron chi connectivity index (χ4n) is 4.21. The lowest BCUT2D eigenvalue weighted by molar-refractivity contribution is -0.182. The highest BCUT2D eigenvalue weighted by atomic mass is 16.5. The van der Waals surface area contributed by atoms with Crippen LogP contribution in [-0.2, 0) is 25.7 Å². The lowest BCUT2D eigenvalue weighted by atomic mass is 9.85. The van der Waals surface area contributed by atoms with E-state index in [1.54, 1.807) is 38.1 Å². The third kappa shape index (κ3) is 7.15. The Labute approximate surface area is 205 Å². The molecule has 0 unspecified atom stereocenters. The van der Waals surface area contributed by atoms with Gasteiger partial charge in [-0.2, -0.15) is 0 Å². The Hall–Kier alpha value is -3.18. The number of carbonyl (C=O) groups is 4. The summed E-state index contributed by atoms with van der Waals surface area (Å²) in [5.41, 5.74) is 9.68. The van der Waals surface area contributed by atoms with E-state index < -0.39 is 41.5 Å². The molecule has 1 aromatic rings. The SMILES string of the molecule is CC(C)[C@H](N)C(=O)N(C1CCNCC1)[C@@](CCCNC(N)=O)(C(=O)O)C(=O)OCc1ccccc1. The molecule has 2 atom stereocenters. The number of hydrogen-bond donors (Lipinski definition) is 5. The molecule has 1 fully saturated rings. The van der Waals surface area contributed by atoms with Gasteiger partial charge in [0.05, 0.1) is 6.04 Å². The summed E-state index contributed by atoms with van der Waals surface area (Å²) in [4.78, 5) is 52.5. The number of esters is 1. The van der Waals surface area contributed by atoms with Crippen molar-refractivity contribution in [3.8, 4) is 0 Å². The van der Waals surface area contributed by atoms with Crippen LogP contribution >= 0.6 is 0 Å². The molecular weight excluding hydrogens is 454 g/mol. The highest BCUT2D eigenvalue weighted by Gasteiger charge is 2.57. The zero-order valence-electron chi connectivity index (χ0n) is 20.4.